The van der Waals surface area contributed by atoms with Crippen molar-refractivity contribution in [2.24, 2.45) is 0 Å². The van der Waals surface area contributed by atoms with Gasteiger partial charge in [-0.3, -0.25) is 4.79 Å². The second-order valence-electron chi connectivity index (χ2n) is 3.68. The summed E-state index contributed by atoms with van der Waals surface area (Å²) in [5.74, 6) is -0.758. The first-order chi connectivity index (χ1) is 6.15. The molecule has 0 aliphatic heterocycles. The van der Waals surface area contributed by atoms with Gasteiger partial charge in [-0.25, -0.2) is 0 Å². The van der Waals surface area contributed by atoms with E-state index in [4.69, 9.17) is 5.11 Å². The molecule has 1 unspecified atom stereocenters. The van der Waals surface area contributed by atoms with Crippen molar-refractivity contribution in [1.29, 1.82) is 0 Å². The minimum absolute atomic E-state index is 0.402. The van der Waals surface area contributed by atoms with Crippen molar-refractivity contribution in [1.82, 2.24) is 10.2 Å². The molecule has 0 heterocycles. The van der Waals surface area contributed by atoms with E-state index in [1.54, 1.807) is 7.05 Å². The maximum absolute atomic E-state index is 10.6. The highest BCUT2D eigenvalue weighted by molar-refractivity contribution is 5.73. The fourth-order valence-electron chi connectivity index (χ4n) is 1.42. The van der Waals surface area contributed by atoms with E-state index in [0.29, 0.717) is 12.5 Å². The Balaban J connectivity index is 2.18. The molecule has 0 spiro atoms. The Bertz CT molecular complexity index is 180. The first-order valence-electron chi connectivity index (χ1n) is 4.75. The Labute approximate surface area is 78.9 Å². The fraction of sp³-hybridized carbons (Fsp3) is 0.889. The van der Waals surface area contributed by atoms with Crippen LogP contribution in [0.4, 0.5) is 0 Å². The van der Waals surface area contributed by atoms with Crippen LogP contribution >= 0.6 is 0 Å². The van der Waals surface area contributed by atoms with E-state index in [-0.39, 0.29) is 0 Å². The number of likely N-dealkylation sites (N-methyl/N-ethyl adjacent to an activating group) is 1. The van der Waals surface area contributed by atoms with Gasteiger partial charge in [0.1, 0.15) is 6.04 Å². The molecule has 1 rings (SSSR count). The number of carbonyl (C=O) groups is 1. The van der Waals surface area contributed by atoms with Gasteiger partial charge in [-0.05, 0) is 33.4 Å². The molecule has 4 heteroatoms. The van der Waals surface area contributed by atoms with Crippen LogP contribution in [0.5, 0.6) is 0 Å². The van der Waals surface area contributed by atoms with Crippen LogP contribution in [-0.4, -0.2) is 48.7 Å². The molecule has 0 saturated heterocycles. The zero-order valence-corrected chi connectivity index (χ0v) is 8.29. The van der Waals surface area contributed by atoms with E-state index in [9.17, 15) is 4.79 Å². The summed E-state index contributed by atoms with van der Waals surface area (Å²) < 4.78 is 0. The first kappa shape index (κ1) is 10.5. The van der Waals surface area contributed by atoms with Crippen molar-refractivity contribution < 1.29 is 9.90 Å². The molecule has 0 aromatic heterocycles. The lowest BCUT2D eigenvalue weighted by molar-refractivity contribution is -0.139. The van der Waals surface area contributed by atoms with Gasteiger partial charge in [0, 0.05) is 12.6 Å². The van der Waals surface area contributed by atoms with E-state index in [2.05, 4.69) is 17.3 Å². The highest BCUT2D eigenvalue weighted by Gasteiger charge is 2.26. The summed E-state index contributed by atoms with van der Waals surface area (Å²) in [7, 11) is 3.75. The van der Waals surface area contributed by atoms with Gasteiger partial charge in [0.25, 0.3) is 0 Å². The molecule has 1 atom stereocenters. The lowest BCUT2D eigenvalue weighted by atomic mass is 10.2. The van der Waals surface area contributed by atoms with Crippen LogP contribution < -0.4 is 5.32 Å². The molecular formula is C9H18N2O2. The molecule has 2 N–H and O–H groups in total. The Morgan fingerprint density at radius 1 is 1.69 bits per heavy atom. The lowest BCUT2D eigenvalue weighted by Gasteiger charge is -2.18. The van der Waals surface area contributed by atoms with Crippen LogP contribution in [0.25, 0.3) is 0 Å². The second kappa shape index (κ2) is 4.58. The van der Waals surface area contributed by atoms with Crippen molar-refractivity contribution in [3.63, 3.8) is 0 Å². The molecule has 1 aliphatic carbocycles. The Hall–Kier alpha value is -0.610. The summed E-state index contributed by atoms with van der Waals surface area (Å²) in [4.78, 5) is 12.9. The third kappa shape index (κ3) is 3.32. The second-order valence-corrected chi connectivity index (χ2v) is 3.68. The fourth-order valence-corrected chi connectivity index (χ4v) is 1.42. The van der Waals surface area contributed by atoms with Crippen LogP contribution in [0.2, 0.25) is 0 Å². The van der Waals surface area contributed by atoms with Gasteiger partial charge < -0.3 is 15.3 Å². The number of nitrogens with one attached hydrogen (secondary N) is 1. The lowest BCUT2D eigenvalue weighted by Crippen LogP contribution is -2.37. The van der Waals surface area contributed by atoms with E-state index >= 15 is 0 Å². The summed E-state index contributed by atoms with van der Waals surface area (Å²) in [6.07, 6.45) is 3.22. The molecule has 0 aromatic rings. The van der Waals surface area contributed by atoms with Gasteiger partial charge in [0.05, 0.1) is 0 Å². The summed E-state index contributed by atoms with van der Waals surface area (Å²) in [6, 6.07) is 0.313. The Morgan fingerprint density at radius 3 is 2.69 bits per heavy atom. The molecule has 0 bridgehead atoms. The average Bonchev–Trinajstić information content (AvgIpc) is 2.86. The smallest absolute Gasteiger partial charge is 0.320 e. The van der Waals surface area contributed by atoms with E-state index < -0.39 is 12.0 Å². The predicted molar refractivity (Wildman–Crippen MR) is 50.8 cm³/mol. The van der Waals surface area contributed by atoms with Crippen molar-refractivity contribution in [3.05, 3.63) is 0 Å². The van der Waals surface area contributed by atoms with E-state index in [1.165, 1.54) is 12.8 Å². The molecule has 76 valence electrons. The maximum Gasteiger partial charge on any atom is 0.320 e. The minimum Gasteiger partial charge on any atom is -0.480 e. The Morgan fingerprint density at radius 2 is 2.31 bits per heavy atom. The molecule has 0 aromatic carbocycles. The number of hydrogen-bond acceptors (Lipinski definition) is 3. The summed E-state index contributed by atoms with van der Waals surface area (Å²) in [5, 5.41) is 11.5. The zero-order valence-electron chi connectivity index (χ0n) is 8.29. The molecule has 1 fully saturated rings. The summed E-state index contributed by atoms with van der Waals surface area (Å²) in [5.41, 5.74) is 0. The summed E-state index contributed by atoms with van der Waals surface area (Å²) >= 11 is 0. The predicted octanol–water partition coefficient (Wildman–Crippen LogP) is 0.143. The molecule has 4 nitrogen and oxygen atoms in total. The van der Waals surface area contributed by atoms with Crippen molar-refractivity contribution >= 4 is 5.97 Å². The molecular weight excluding hydrogens is 168 g/mol. The van der Waals surface area contributed by atoms with Gasteiger partial charge in [-0.1, -0.05) is 0 Å². The Kier molecular flexibility index (Phi) is 3.69. The normalized spacial score (nSPS) is 19.0. The van der Waals surface area contributed by atoms with Crippen molar-refractivity contribution in [2.75, 3.05) is 20.6 Å². The first-order valence-corrected chi connectivity index (χ1v) is 4.75. The molecule has 0 radical (unpaired) electrons. The van der Waals surface area contributed by atoms with Gasteiger partial charge in [-0.15, -0.1) is 0 Å². The van der Waals surface area contributed by atoms with Crippen LogP contribution in [-0.2, 0) is 4.79 Å². The van der Waals surface area contributed by atoms with Crippen LogP contribution in [0, 0.1) is 0 Å². The standard InChI is InChI=1S/C9H18N2O2/c1-10-8(9(12)13)5-6-11(2)7-3-4-7/h7-8,10H,3-6H2,1-2H3,(H,12,13). The maximum atomic E-state index is 10.6. The largest absolute Gasteiger partial charge is 0.480 e. The third-order valence-electron chi connectivity index (χ3n) is 2.59. The van der Waals surface area contributed by atoms with Gasteiger partial charge in [0.2, 0.25) is 0 Å². The average molecular weight is 186 g/mol. The monoisotopic (exact) mass is 186 g/mol. The van der Waals surface area contributed by atoms with Crippen LogP contribution in [0.3, 0.4) is 0 Å². The van der Waals surface area contributed by atoms with E-state index in [1.807, 2.05) is 0 Å². The number of nitrogens with zero attached hydrogens (tertiary/aromatic N) is 1. The number of carboxylic acid groups (broad SMARTS) is 1. The molecule has 1 aliphatic rings. The van der Waals surface area contributed by atoms with Gasteiger partial charge in [-0.2, -0.15) is 0 Å². The number of carboxylic acids is 1. The number of aliphatic carboxylic acids is 1. The third-order valence-corrected chi connectivity index (χ3v) is 2.59. The highest BCUT2D eigenvalue weighted by Crippen LogP contribution is 2.25. The highest BCUT2D eigenvalue weighted by atomic mass is 16.4. The van der Waals surface area contributed by atoms with Crippen LogP contribution in [0.15, 0.2) is 0 Å². The molecule has 1 saturated carbocycles. The topological polar surface area (TPSA) is 52.6 Å². The molecule has 13 heavy (non-hydrogen) atoms. The number of hydrogen-bond donors (Lipinski definition) is 2. The number of rotatable bonds is 6. The zero-order chi connectivity index (χ0) is 9.84. The van der Waals surface area contributed by atoms with Gasteiger partial charge in [0.15, 0.2) is 0 Å². The SMILES string of the molecule is CNC(CCN(C)C1CC1)C(=O)O. The molecule has 0 amide bonds. The van der Waals surface area contributed by atoms with Crippen LogP contribution in [0.1, 0.15) is 19.3 Å². The van der Waals surface area contributed by atoms with E-state index in [0.717, 1.165) is 6.54 Å². The van der Waals surface area contributed by atoms with Gasteiger partial charge >= 0.3 is 5.97 Å². The minimum atomic E-state index is -0.758. The quantitative estimate of drug-likeness (QED) is 0.619. The van der Waals surface area contributed by atoms with Crippen molar-refractivity contribution in [3.8, 4) is 0 Å². The van der Waals surface area contributed by atoms with Crippen molar-refractivity contribution in [2.45, 2.75) is 31.3 Å². The summed E-state index contributed by atoms with van der Waals surface area (Å²) in [6.45, 7) is 0.864.